The Labute approximate surface area is 142 Å². The third-order valence-electron chi connectivity index (χ3n) is 4.02. The molecule has 0 aliphatic carbocycles. The highest BCUT2D eigenvalue weighted by atomic mass is 19.1. The minimum absolute atomic E-state index is 0.00736. The summed E-state index contributed by atoms with van der Waals surface area (Å²) in [6.45, 7) is 1.92. The van der Waals surface area contributed by atoms with E-state index in [0.717, 1.165) is 5.56 Å². The van der Waals surface area contributed by atoms with Crippen LogP contribution >= 0.6 is 0 Å². The molecule has 0 saturated carbocycles. The Balaban J connectivity index is 2.37. The number of benzene rings is 2. The second-order valence-electron chi connectivity index (χ2n) is 5.48. The van der Waals surface area contributed by atoms with Gasteiger partial charge in [0, 0.05) is 23.7 Å². The molecule has 0 aliphatic heterocycles. The third kappa shape index (κ3) is 2.95. The van der Waals surface area contributed by atoms with Gasteiger partial charge in [0.25, 0.3) is 0 Å². The van der Waals surface area contributed by atoms with Crippen LogP contribution in [0.5, 0.6) is 0 Å². The number of ether oxygens (including phenoxy) is 1. The molecular weight excluding hydrogens is 331 g/mol. The monoisotopic (exact) mass is 345 g/mol. The predicted molar refractivity (Wildman–Crippen MR) is 87.8 cm³/mol. The van der Waals surface area contributed by atoms with Crippen LogP contribution in [0.15, 0.2) is 36.5 Å². The lowest BCUT2D eigenvalue weighted by Crippen LogP contribution is -2.03. The summed E-state index contributed by atoms with van der Waals surface area (Å²) in [4.78, 5) is 16.0. The van der Waals surface area contributed by atoms with Crippen molar-refractivity contribution in [2.75, 3.05) is 7.11 Å². The van der Waals surface area contributed by atoms with E-state index in [0.29, 0.717) is 29.3 Å². The second kappa shape index (κ2) is 6.55. The van der Waals surface area contributed by atoms with Gasteiger partial charge in [-0.15, -0.1) is 0 Å². The molecule has 0 saturated heterocycles. The van der Waals surface area contributed by atoms with Gasteiger partial charge in [0.1, 0.15) is 17.5 Å². The average Bonchev–Trinajstić information content (AvgIpc) is 2.59. The maximum Gasteiger partial charge on any atom is 0.337 e. The number of aromatic nitrogens is 1. The summed E-state index contributed by atoms with van der Waals surface area (Å²) < 4.78 is 46.3. The Morgan fingerprint density at radius 2 is 1.76 bits per heavy atom. The Morgan fingerprint density at radius 3 is 2.36 bits per heavy atom. The zero-order valence-corrected chi connectivity index (χ0v) is 13.6. The summed E-state index contributed by atoms with van der Waals surface area (Å²) in [6.07, 6.45) is 2.17. The van der Waals surface area contributed by atoms with Crippen LogP contribution in [0, 0.1) is 17.5 Å². The van der Waals surface area contributed by atoms with Gasteiger partial charge in [-0.05, 0) is 29.5 Å². The van der Waals surface area contributed by atoms with Crippen molar-refractivity contribution in [1.29, 1.82) is 0 Å². The minimum atomic E-state index is -1.06. The van der Waals surface area contributed by atoms with Crippen LogP contribution in [0.1, 0.15) is 22.8 Å². The molecule has 0 spiro atoms. The number of fused-ring (bicyclic) bond motifs is 1. The van der Waals surface area contributed by atoms with E-state index in [2.05, 4.69) is 4.98 Å². The highest BCUT2D eigenvalue weighted by molar-refractivity contribution is 6.01. The summed E-state index contributed by atoms with van der Waals surface area (Å²) in [5.41, 5.74) is 0.663. The van der Waals surface area contributed by atoms with Gasteiger partial charge in [0.05, 0.1) is 23.9 Å². The molecule has 6 heteroatoms. The zero-order chi connectivity index (χ0) is 18.1. The van der Waals surface area contributed by atoms with Gasteiger partial charge in [0.15, 0.2) is 0 Å². The smallest absolute Gasteiger partial charge is 0.337 e. The molecule has 1 aromatic heterocycles. The first-order valence-corrected chi connectivity index (χ1v) is 7.61. The van der Waals surface area contributed by atoms with E-state index in [-0.39, 0.29) is 11.3 Å². The molecule has 3 nitrogen and oxygen atoms in total. The number of hydrogen-bond acceptors (Lipinski definition) is 3. The summed E-state index contributed by atoms with van der Waals surface area (Å²) in [5, 5.41) is 1.11. The maximum atomic E-state index is 14.2. The van der Waals surface area contributed by atoms with Gasteiger partial charge in [-0.1, -0.05) is 13.0 Å². The molecule has 0 radical (unpaired) electrons. The lowest BCUT2D eigenvalue weighted by Gasteiger charge is -2.12. The Bertz CT molecular complexity index is 963. The van der Waals surface area contributed by atoms with Crippen LogP contribution in [0.3, 0.4) is 0 Å². The maximum absolute atomic E-state index is 14.2. The van der Waals surface area contributed by atoms with Crippen molar-refractivity contribution >= 4 is 16.7 Å². The number of hydrogen-bond donors (Lipinski definition) is 0. The molecule has 25 heavy (non-hydrogen) atoms. The van der Waals surface area contributed by atoms with Gasteiger partial charge in [-0.2, -0.15) is 0 Å². The molecule has 2 aromatic carbocycles. The van der Waals surface area contributed by atoms with Crippen molar-refractivity contribution in [2.45, 2.75) is 13.3 Å². The number of halogens is 3. The minimum Gasteiger partial charge on any atom is -0.465 e. The average molecular weight is 345 g/mol. The van der Waals surface area contributed by atoms with E-state index >= 15 is 0 Å². The second-order valence-corrected chi connectivity index (χ2v) is 5.48. The van der Waals surface area contributed by atoms with Crippen LogP contribution in [0.25, 0.3) is 22.0 Å². The Morgan fingerprint density at radius 1 is 1.08 bits per heavy atom. The topological polar surface area (TPSA) is 39.2 Å². The van der Waals surface area contributed by atoms with E-state index in [9.17, 15) is 18.0 Å². The highest BCUT2D eigenvalue weighted by Crippen LogP contribution is 2.33. The number of aryl methyl sites for hydroxylation is 1. The van der Waals surface area contributed by atoms with Gasteiger partial charge in [-0.3, -0.25) is 4.98 Å². The first-order valence-electron chi connectivity index (χ1n) is 7.61. The lowest BCUT2D eigenvalue weighted by molar-refractivity contribution is 0.0601. The van der Waals surface area contributed by atoms with E-state index in [4.69, 9.17) is 4.74 Å². The van der Waals surface area contributed by atoms with Gasteiger partial charge in [-0.25, -0.2) is 18.0 Å². The van der Waals surface area contributed by atoms with Crippen molar-refractivity contribution in [1.82, 2.24) is 4.98 Å². The molecular formula is C19H14F3NO2. The van der Waals surface area contributed by atoms with Gasteiger partial charge in [0.2, 0.25) is 0 Å². The first kappa shape index (κ1) is 17.0. The van der Waals surface area contributed by atoms with E-state index in [1.54, 1.807) is 12.1 Å². The van der Waals surface area contributed by atoms with E-state index in [1.807, 2.05) is 6.92 Å². The summed E-state index contributed by atoms with van der Waals surface area (Å²) in [7, 11) is 1.24. The molecule has 0 fully saturated rings. The summed E-state index contributed by atoms with van der Waals surface area (Å²) >= 11 is 0. The molecule has 0 atom stereocenters. The highest BCUT2D eigenvalue weighted by Gasteiger charge is 2.19. The van der Waals surface area contributed by atoms with Crippen LogP contribution in [-0.2, 0) is 11.2 Å². The quantitative estimate of drug-likeness (QED) is 0.648. The van der Waals surface area contributed by atoms with Crippen molar-refractivity contribution in [3.8, 4) is 11.3 Å². The van der Waals surface area contributed by atoms with E-state index in [1.165, 1.54) is 19.4 Å². The fourth-order valence-corrected chi connectivity index (χ4v) is 2.80. The largest absolute Gasteiger partial charge is 0.465 e. The standard InChI is InChI=1S/C19H14F3NO2/c1-3-10-9-23-18(17-15(21)7-12(20)8-16(17)22)14-6-11(19(24)25-2)4-5-13(10)14/h4-9H,3H2,1-2H3. The molecule has 0 bridgehead atoms. The lowest BCUT2D eigenvalue weighted by atomic mass is 9.97. The molecule has 0 aliphatic rings. The van der Waals surface area contributed by atoms with Crippen LogP contribution < -0.4 is 0 Å². The first-order chi connectivity index (χ1) is 12.0. The number of carbonyl (C=O) groups is 1. The van der Waals surface area contributed by atoms with Crippen molar-refractivity contribution in [2.24, 2.45) is 0 Å². The van der Waals surface area contributed by atoms with Crippen molar-refractivity contribution in [3.63, 3.8) is 0 Å². The Kier molecular flexibility index (Phi) is 4.44. The van der Waals surface area contributed by atoms with E-state index < -0.39 is 29.0 Å². The predicted octanol–water partition coefficient (Wildman–Crippen LogP) is 4.67. The van der Waals surface area contributed by atoms with Crippen molar-refractivity contribution in [3.05, 3.63) is 65.1 Å². The number of nitrogens with zero attached hydrogens (tertiary/aromatic N) is 1. The molecule has 3 rings (SSSR count). The fourth-order valence-electron chi connectivity index (χ4n) is 2.80. The van der Waals surface area contributed by atoms with Crippen LogP contribution in [0.2, 0.25) is 0 Å². The molecule has 3 aromatic rings. The van der Waals surface area contributed by atoms with Gasteiger partial charge < -0.3 is 4.74 Å². The summed E-state index contributed by atoms with van der Waals surface area (Å²) in [6, 6.07) is 5.94. The SMILES string of the molecule is CCc1cnc(-c2c(F)cc(F)cc2F)c2cc(C(=O)OC)ccc12. The normalized spacial score (nSPS) is 10.9. The number of esters is 1. The van der Waals surface area contributed by atoms with Gasteiger partial charge >= 0.3 is 5.97 Å². The summed E-state index contributed by atoms with van der Waals surface area (Å²) in [5.74, 6) is -3.70. The fraction of sp³-hybridized carbons (Fsp3) is 0.158. The molecule has 0 N–H and O–H groups in total. The zero-order valence-electron chi connectivity index (χ0n) is 13.6. The Hall–Kier alpha value is -2.89. The number of pyridine rings is 1. The number of carbonyl (C=O) groups excluding carboxylic acids is 1. The van der Waals surface area contributed by atoms with Crippen LogP contribution in [0.4, 0.5) is 13.2 Å². The van der Waals surface area contributed by atoms with Crippen LogP contribution in [-0.4, -0.2) is 18.1 Å². The number of rotatable bonds is 3. The molecule has 1 heterocycles. The third-order valence-corrected chi connectivity index (χ3v) is 4.02. The van der Waals surface area contributed by atoms with Crippen molar-refractivity contribution < 1.29 is 22.7 Å². The molecule has 128 valence electrons. The molecule has 0 unspecified atom stereocenters. The molecule has 0 amide bonds. The number of methoxy groups -OCH3 is 1.